The SMILES string of the molecule is CCC(=O)NCCc1cc2c(C)ccc(C)c2[nH]c1=O. The third kappa shape index (κ3) is 2.90. The van der Waals surface area contributed by atoms with E-state index in [1.54, 1.807) is 0 Å². The van der Waals surface area contributed by atoms with Gasteiger partial charge >= 0.3 is 0 Å². The Kier molecular flexibility index (Phi) is 4.23. The maximum absolute atomic E-state index is 12.1. The van der Waals surface area contributed by atoms with Gasteiger partial charge in [-0.3, -0.25) is 9.59 Å². The number of pyridine rings is 1. The molecule has 0 bridgehead atoms. The lowest BCUT2D eigenvalue weighted by Gasteiger charge is -2.08. The van der Waals surface area contributed by atoms with E-state index in [0.29, 0.717) is 24.9 Å². The van der Waals surface area contributed by atoms with Gasteiger partial charge in [-0.2, -0.15) is 0 Å². The Morgan fingerprint density at radius 3 is 2.65 bits per heavy atom. The van der Waals surface area contributed by atoms with E-state index in [-0.39, 0.29) is 11.5 Å². The zero-order valence-corrected chi connectivity index (χ0v) is 12.2. The van der Waals surface area contributed by atoms with Gasteiger partial charge in [0.1, 0.15) is 0 Å². The minimum atomic E-state index is -0.0723. The summed E-state index contributed by atoms with van der Waals surface area (Å²) < 4.78 is 0. The molecule has 0 unspecified atom stereocenters. The van der Waals surface area contributed by atoms with Gasteiger partial charge in [0, 0.05) is 23.9 Å². The number of hydrogen-bond donors (Lipinski definition) is 2. The number of H-pyrrole nitrogens is 1. The summed E-state index contributed by atoms with van der Waals surface area (Å²) in [7, 11) is 0. The number of aryl methyl sites for hydroxylation is 2. The summed E-state index contributed by atoms with van der Waals surface area (Å²) in [5.41, 5.74) is 3.74. The number of aromatic nitrogens is 1. The van der Waals surface area contributed by atoms with Gasteiger partial charge in [-0.25, -0.2) is 0 Å². The molecular formula is C16H20N2O2. The molecule has 2 rings (SSSR count). The number of amides is 1. The maximum Gasteiger partial charge on any atom is 0.251 e. The van der Waals surface area contributed by atoms with Crippen LogP contribution in [0.3, 0.4) is 0 Å². The number of nitrogens with one attached hydrogen (secondary N) is 2. The quantitative estimate of drug-likeness (QED) is 0.896. The van der Waals surface area contributed by atoms with Crippen LogP contribution in [0.4, 0.5) is 0 Å². The van der Waals surface area contributed by atoms with Crippen molar-refractivity contribution in [1.29, 1.82) is 0 Å². The molecule has 1 aromatic carbocycles. The molecule has 2 aromatic rings. The molecule has 0 aliphatic carbocycles. The highest BCUT2D eigenvalue weighted by Crippen LogP contribution is 2.19. The van der Waals surface area contributed by atoms with Crippen LogP contribution in [0, 0.1) is 13.8 Å². The molecule has 4 nitrogen and oxygen atoms in total. The Hall–Kier alpha value is -2.10. The molecule has 0 aliphatic heterocycles. The second-order valence-electron chi connectivity index (χ2n) is 5.07. The second-order valence-corrected chi connectivity index (χ2v) is 5.07. The molecule has 1 amide bonds. The third-order valence-electron chi connectivity index (χ3n) is 3.56. The molecular weight excluding hydrogens is 252 g/mol. The highest BCUT2D eigenvalue weighted by Gasteiger charge is 2.07. The largest absolute Gasteiger partial charge is 0.356 e. The van der Waals surface area contributed by atoms with Crippen molar-refractivity contribution in [2.24, 2.45) is 0 Å². The van der Waals surface area contributed by atoms with Crippen molar-refractivity contribution >= 4 is 16.8 Å². The monoisotopic (exact) mass is 272 g/mol. The van der Waals surface area contributed by atoms with Gasteiger partial charge < -0.3 is 10.3 Å². The van der Waals surface area contributed by atoms with E-state index in [1.165, 1.54) is 0 Å². The lowest BCUT2D eigenvalue weighted by atomic mass is 10.0. The van der Waals surface area contributed by atoms with Crippen molar-refractivity contribution in [1.82, 2.24) is 10.3 Å². The van der Waals surface area contributed by atoms with Gasteiger partial charge in [0.2, 0.25) is 5.91 Å². The maximum atomic E-state index is 12.1. The van der Waals surface area contributed by atoms with Crippen molar-refractivity contribution in [3.8, 4) is 0 Å². The van der Waals surface area contributed by atoms with Gasteiger partial charge in [0.05, 0.1) is 5.52 Å². The average molecular weight is 272 g/mol. The standard InChI is InChI=1S/C16H20N2O2/c1-4-14(19)17-8-7-12-9-13-10(2)5-6-11(3)15(13)18-16(12)20/h5-6,9H,4,7-8H2,1-3H3,(H,17,19)(H,18,20). The van der Waals surface area contributed by atoms with Crippen LogP contribution in [-0.4, -0.2) is 17.4 Å². The highest BCUT2D eigenvalue weighted by atomic mass is 16.1. The summed E-state index contributed by atoms with van der Waals surface area (Å²) in [6, 6.07) is 6.00. The Labute approximate surface area is 118 Å². The van der Waals surface area contributed by atoms with Crippen molar-refractivity contribution in [3.05, 3.63) is 45.2 Å². The first-order valence-corrected chi connectivity index (χ1v) is 6.91. The Morgan fingerprint density at radius 1 is 1.25 bits per heavy atom. The summed E-state index contributed by atoms with van der Waals surface area (Å²) in [4.78, 5) is 26.2. The van der Waals surface area contributed by atoms with E-state index in [9.17, 15) is 9.59 Å². The van der Waals surface area contributed by atoms with Crippen LogP contribution < -0.4 is 10.9 Å². The second kappa shape index (κ2) is 5.90. The molecule has 4 heteroatoms. The highest BCUT2D eigenvalue weighted by molar-refractivity contribution is 5.85. The molecule has 0 saturated heterocycles. The Balaban J connectivity index is 2.31. The normalized spacial score (nSPS) is 10.8. The fourth-order valence-corrected chi connectivity index (χ4v) is 2.27. The molecule has 1 heterocycles. The van der Waals surface area contributed by atoms with E-state index >= 15 is 0 Å². The summed E-state index contributed by atoms with van der Waals surface area (Å²) in [5, 5.41) is 3.86. The van der Waals surface area contributed by atoms with Crippen molar-refractivity contribution in [2.75, 3.05) is 6.54 Å². The number of rotatable bonds is 4. The van der Waals surface area contributed by atoms with E-state index < -0.39 is 0 Å². The fraction of sp³-hybridized carbons (Fsp3) is 0.375. The number of benzene rings is 1. The molecule has 0 fully saturated rings. The first kappa shape index (κ1) is 14.3. The van der Waals surface area contributed by atoms with Crippen LogP contribution in [0.15, 0.2) is 23.0 Å². The number of hydrogen-bond acceptors (Lipinski definition) is 2. The molecule has 2 N–H and O–H groups in total. The summed E-state index contributed by atoms with van der Waals surface area (Å²) in [6.07, 6.45) is 1.01. The Bertz CT molecular complexity index is 701. The number of carbonyl (C=O) groups excluding carboxylic acids is 1. The van der Waals surface area contributed by atoms with Gasteiger partial charge in [-0.1, -0.05) is 19.1 Å². The molecule has 0 spiro atoms. The van der Waals surface area contributed by atoms with Crippen LogP contribution in [-0.2, 0) is 11.2 Å². The topological polar surface area (TPSA) is 62.0 Å². The number of aromatic amines is 1. The van der Waals surface area contributed by atoms with Crippen molar-refractivity contribution in [2.45, 2.75) is 33.6 Å². The zero-order chi connectivity index (χ0) is 14.7. The lowest BCUT2D eigenvalue weighted by Crippen LogP contribution is -2.26. The summed E-state index contributed by atoms with van der Waals surface area (Å²) in [5.74, 6) is 0.00856. The van der Waals surface area contributed by atoms with Gasteiger partial charge in [-0.05, 0) is 37.5 Å². The van der Waals surface area contributed by atoms with Gasteiger partial charge in [0.15, 0.2) is 0 Å². The minimum absolute atomic E-state index is 0.00856. The molecule has 0 saturated carbocycles. The van der Waals surface area contributed by atoms with Crippen molar-refractivity contribution in [3.63, 3.8) is 0 Å². The van der Waals surface area contributed by atoms with Crippen molar-refractivity contribution < 1.29 is 4.79 Å². The molecule has 20 heavy (non-hydrogen) atoms. The van der Waals surface area contributed by atoms with E-state index in [4.69, 9.17) is 0 Å². The average Bonchev–Trinajstić information content (AvgIpc) is 2.44. The van der Waals surface area contributed by atoms with Crippen LogP contribution in [0.1, 0.15) is 30.0 Å². The minimum Gasteiger partial charge on any atom is -0.356 e. The number of fused-ring (bicyclic) bond motifs is 1. The molecule has 1 aromatic heterocycles. The zero-order valence-electron chi connectivity index (χ0n) is 12.2. The lowest BCUT2D eigenvalue weighted by molar-refractivity contribution is -0.120. The summed E-state index contributed by atoms with van der Waals surface area (Å²) >= 11 is 0. The van der Waals surface area contributed by atoms with E-state index in [2.05, 4.69) is 16.4 Å². The molecule has 0 atom stereocenters. The Morgan fingerprint density at radius 2 is 1.95 bits per heavy atom. The van der Waals surface area contributed by atoms with Crippen LogP contribution >= 0.6 is 0 Å². The van der Waals surface area contributed by atoms with Crippen LogP contribution in [0.5, 0.6) is 0 Å². The predicted octanol–water partition coefficient (Wildman–Crippen LogP) is 2.21. The molecule has 0 aliphatic rings. The summed E-state index contributed by atoms with van der Waals surface area (Å²) in [6.45, 7) is 6.32. The molecule has 0 radical (unpaired) electrons. The first-order chi connectivity index (χ1) is 9.52. The molecule has 106 valence electrons. The van der Waals surface area contributed by atoms with Gasteiger partial charge in [0.25, 0.3) is 5.56 Å². The van der Waals surface area contributed by atoms with Crippen LogP contribution in [0.2, 0.25) is 0 Å². The van der Waals surface area contributed by atoms with E-state index in [1.807, 2.05) is 32.9 Å². The van der Waals surface area contributed by atoms with Gasteiger partial charge in [-0.15, -0.1) is 0 Å². The fourth-order valence-electron chi connectivity index (χ4n) is 2.27. The smallest absolute Gasteiger partial charge is 0.251 e. The predicted molar refractivity (Wildman–Crippen MR) is 81.0 cm³/mol. The van der Waals surface area contributed by atoms with Crippen LogP contribution in [0.25, 0.3) is 10.9 Å². The first-order valence-electron chi connectivity index (χ1n) is 6.91. The third-order valence-corrected chi connectivity index (χ3v) is 3.56. The van der Waals surface area contributed by atoms with E-state index in [0.717, 1.165) is 22.0 Å². The number of carbonyl (C=O) groups is 1.